The van der Waals surface area contributed by atoms with Crippen LogP contribution in [0.5, 0.6) is 0 Å². The van der Waals surface area contributed by atoms with Crippen molar-refractivity contribution in [2.45, 2.75) is 0 Å². The van der Waals surface area contributed by atoms with Crippen LogP contribution in [0.4, 0.5) is 11.4 Å². The summed E-state index contributed by atoms with van der Waals surface area (Å²) < 4.78 is 22.5. The van der Waals surface area contributed by atoms with Gasteiger partial charge in [-0.1, -0.05) is 0 Å². The first-order valence-corrected chi connectivity index (χ1v) is 5.18. The van der Waals surface area contributed by atoms with E-state index in [2.05, 4.69) is 10.0 Å². The van der Waals surface area contributed by atoms with Crippen LogP contribution >= 0.6 is 0 Å². The normalized spacial score (nSPS) is 12.4. The molecule has 4 N–H and O–H groups in total. The molecule has 1 aromatic carbocycles. The lowest BCUT2D eigenvalue weighted by Crippen LogP contribution is -2.23. The summed E-state index contributed by atoms with van der Waals surface area (Å²) >= 11 is -2.19. The van der Waals surface area contributed by atoms with Crippen LogP contribution in [0.15, 0.2) is 24.3 Å². The van der Waals surface area contributed by atoms with Gasteiger partial charge in [-0.15, -0.1) is 0 Å². The Bertz CT molecular complexity index is 302. The highest BCUT2D eigenvalue weighted by molar-refractivity contribution is 7.77. The fourth-order valence-electron chi connectivity index (χ4n) is 0.942. The largest absolute Gasteiger partial charge is 0.760 e. The van der Waals surface area contributed by atoms with Crippen LogP contribution in [0, 0.1) is 0 Å². The maximum Gasteiger partial charge on any atom is 0.0342 e. The van der Waals surface area contributed by atoms with Crippen LogP contribution in [-0.4, -0.2) is 21.9 Å². The van der Waals surface area contributed by atoms with Crippen LogP contribution in [0.3, 0.4) is 0 Å². The fourth-order valence-corrected chi connectivity index (χ4v) is 1.21. The average molecular weight is 214 g/mol. The van der Waals surface area contributed by atoms with E-state index in [1.54, 1.807) is 12.1 Å². The van der Waals surface area contributed by atoms with Crippen LogP contribution in [0.25, 0.3) is 0 Å². The Balaban J connectivity index is 2.25. The van der Waals surface area contributed by atoms with Crippen molar-refractivity contribution in [1.82, 2.24) is 4.72 Å². The predicted octanol–water partition coefficient (Wildman–Crippen LogP) is 0.0644. The molecule has 6 heteroatoms. The standard InChI is InChI=1S/C8H13N3O2S/c9-7-1-3-8(4-2-7)10-5-6-11-14(12)13/h1-4,10-11H,5-6,9H2,(H,12,13)/p-1. The minimum atomic E-state index is -2.19. The van der Waals surface area contributed by atoms with Crippen LogP contribution in [0.2, 0.25) is 0 Å². The fraction of sp³-hybridized carbons (Fsp3) is 0.250. The topological polar surface area (TPSA) is 90.2 Å². The van der Waals surface area contributed by atoms with Crippen molar-refractivity contribution in [3.8, 4) is 0 Å². The van der Waals surface area contributed by atoms with Gasteiger partial charge in [-0.05, 0) is 24.3 Å². The highest BCUT2D eigenvalue weighted by atomic mass is 32.2. The van der Waals surface area contributed by atoms with Gasteiger partial charge >= 0.3 is 0 Å². The van der Waals surface area contributed by atoms with E-state index >= 15 is 0 Å². The quantitative estimate of drug-likeness (QED) is 0.367. The molecule has 0 aromatic heterocycles. The molecular weight excluding hydrogens is 202 g/mol. The van der Waals surface area contributed by atoms with Crippen molar-refractivity contribution in [3.63, 3.8) is 0 Å². The number of nitrogens with one attached hydrogen (secondary N) is 2. The minimum absolute atomic E-state index is 0.362. The van der Waals surface area contributed by atoms with E-state index in [4.69, 9.17) is 5.73 Å². The summed E-state index contributed by atoms with van der Waals surface area (Å²) in [4.78, 5) is 0. The molecule has 5 nitrogen and oxygen atoms in total. The average Bonchev–Trinajstić information content (AvgIpc) is 2.15. The molecule has 1 aromatic rings. The molecule has 0 spiro atoms. The van der Waals surface area contributed by atoms with Crippen LogP contribution in [0.1, 0.15) is 0 Å². The number of nitrogen functional groups attached to an aromatic ring is 1. The lowest BCUT2D eigenvalue weighted by atomic mass is 10.3. The highest BCUT2D eigenvalue weighted by Gasteiger charge is 1.90. The maximum atomic E-state index is 10.1. The Morgan fingerprint density at radius 3 is 2.50 bits per heavy atom. The van der Waals surface area contributed by atoms with E-state index in [0.717, 1.165) is 5.69 Å². The Kier molecular flexibility index (Phi) is 4.37. The lowest BCUT2D eigenvalue weighted by molar-refractivity contribution is 0.524. The smallest absolute Gasteiger partial charge is 0.0342 e. The monoisotopic (exact) mass is 214 g/mol. The summed E-state index contributed by atoms with van der Waals surface area (Å²) in [6.45, 7) is 0.901. The first-order valence-electron chi connectivity index (χ1n) is 4.10. The van der Waals surface area contributed by atoms with Gasteiger partial charge in [-0.25, -0.2) is 4.72 Å². The SMILES string of the molecule is Nc1ccc(NCCNS(=O)[O-])cc1. The Hall–Kier alpha value is -1.11. The number of hydrogen-bond donors (Lipinski definition) is 3. The second kappa shape index (κ2) is 5.58. The van der Waals surface area contributed by atoms with Crippen molar-refractivity contribution >= 4 is 22.6 Å². The second-order valence-electron chi connectivity index (χ2n) is 2.68. The van der Waals surface area contributed by atoms with Gasteiger partial charge in [0, 0.05) is 35.7 Å². The summed E-state index contributed by atoms with van der Waals surface area (Å²) in [5.41, 5.74) is 7.12. The maximum absolute atomic E-state index is 10.1. The molecule has 0 amide bonds. The summed E-state index contributed by atoms with van der Waals surface area (Å²) in [7, 11) is 0. The van der Waals surface area contributed by atoms with Gasteiger partial charge in [0.15, 0.2) is 0 Å². The summed E-state index contributed by atoms with van der Waals surface area (Å²) in [5, 5.41) is 3.04. The van der Waals surface area contributed by atoms with E-state index in [0.29, 0.717) is 18.8 Å². The third-order valence-electron chi connectivity index (χ3n) is 1.58. The van der Waals surface area contributed by atoms with Gasteiger partial charge < -0.3 is 15.6 Å². The van der Waals surface area contributed by atoms with Gasteiger partial charge in [-0.2, -0.15) is 0 Å². The number of rotatable bonds is 5. The molecule has 0 heterocycles. The molecule has 14 heavy (non-hydrogen) atoms. The molecule has 0 bridgehead atoms. The first kappa shape index (κ1) is 11.0. The molecule has 78 valence electrons. The molecule has 0 fully saturated rings. The molecule has 1 unspecified atom stereocenters. The molecular formula is C8H12N3O2S-. The Morgan fingerprint density at radius 1 is 1.29 bits per heavy atom. The zero-order chi connectivity index (χ0) is 10.4. The summed E-state index contributed by atoms with van der Waals surface area (Å²) in [5.74, 6) is 0. The van der Waals surface area contributed by atoms with Gasteiger partial charge in [-0.3, -0.25) is 4.21 Å². The first-order chi connectivity index (χ1) is 6.68. The van der Waals surface area contributed by atoms with Gasteiger partial charge in [0.1, 0.15) is 0 Å². The molecule has 1 rings (SSSR count). The number of hydrogen-bond acceptors (Lipinski definition) is 4. The molecule has 1 atom stereocenters. The van der Waals surface area contributed by atoms with E-state index in [1.807, 2.05) is 12.1 Å². The third kappa shape index (κ3) is 4.22. The van der Waals surface area contributed by atoms with E-state index < -0.39 is 11.3 Å². The second-order valence-corrected chi connectivity index (χ2v) is 3.44. The lowest BCUT2D eigenvalue weighted by Gasteiger charge is -2.09. The van der Waals surface area contributed by atoms with Crippen molar-refractivity contribution in [3.05, 3.63) is 24.3 Å². The zero-order valence-electron chi connectivity index (χ0n) is 7.53. The predicted molar refractivity (Wildman–Crippen MR) is 56.3 cm³/mol. The van der Waals surface area contributed by atoms with Gasteiger partial charge in [0.2, 0.25) is 0 Å². The molecule has 0 aliphatic rings. The molecule has 0 aliphatic carbocycles. The number of benzene rings is 1. The minimum Gasteiger partial charge on any atom is -0.760 e. The highest BCUT2D eigenvalue weighted by Crippen LogP contribution is 2.09. The van der Waals surface area contributed by atoms with E-state index in [9.17, 15) is 8.76 Å². The number of anilines is 2. The van der Waals surface area contributed by atoms with Gasteiger partial charge in [0.05, 0.1) is 0 Å². The Morgan fingerprint density at radius 2 is 1.93 bits per heavy atom. The molecule has 0 aliphatic heterocycles. The molecule has 0 radical (unpaired) electrons. The van der Waals surface area contributed by atoms with Crippen molar-refractivity contribution in [2.75, 3.05) is 24.1 Å². The van der Waals surface area contributed by atoms with Crippen molar-refractivity contribution < 1.29 is 8.76 Å². The van der Waals surface area contributed by atoms with Gasteiger partial charge in [0.25, 0.3) is 0 Å². The number of nitrogens with two attached hydrogens (primary N) is 1. The van der Waals surface area contributed by atoms with Crippen LogP contribution < -0.4 is 15.8 Å². The van der Waals surface area contributed by atoms with Crippen LogP contribution in [-0.2, 0) is 11.3 Å². The third-order valence-corrected chi connectivity index (χ3v) is 2.02. The van der Waals surface area contributed by atoms with Crippen molar-refractivity contribution in [2.24, 2.45) is 0 Å². The zero-order valence-corrected chi connectivity index (χ0v) is 8.34. The summed E-state index contributed by atoms with van der Waals surface area (Å²) in [6.07, 6.45) is 0. The molecule has 0 saturated heterocycles. The van der Waals surface area contributed by atoms with Crippen molar-refractivity contribution in [1.29, 1.82) is 0 Å². The Labute approximate surface area is 85.1 Å². The molecule has 0 saturated carbocycles. The summed E-state index contributed by atoms with van der Waals surface area (Å²) in [6, 6.07) is 7.23. The van der Waals surface area contributed by atoms with E-state index in [1.165, 1.54) is 0 Å². The van der Waals surface area contributed by atoms with E-state index in [-0.39, 0.29) is 0 Å².